The summed E-state index contributed by atoms with van der Waals surface area (Å²) in [6, 6.07) is 6.88. The first-order chi connectivity index (χ1) is 6.33. The topological polar surface area (TPSA) is 42.4 Å². The van der Waals surface area contributed by atoms with E-state index >= 15 is 0 Å². The molecule has 13 heavy (non-hydrogen) atoms. The highest BCUT2D eigenvalue weighted by Crippen LogP contribution is 2.29. The van der Waals surface area contributed by atoms with Crippen molar-refractivity contribution >= 4 is 10.9 Å². The number of phenols is 1. The average Bonchev–Trinajstić information content (AvgIpc) is 2.19. The Hall–Kier alpha value is -1.77. The first-order valence-electron chi connectivity index (χ1n) is 3.93. The van der Waals surface area contributed by atoms with E-state index in [0.717, 1.165) is 0 Å². The lowest BCUT2D eigenvalue weighted by Gasteiger charge is -2.04. The minimum absolute atomic E-state index is 0.226. The predicted octanol–water partition coefficient (Wildman–Crippen LogP) is 1.95. The Balaban J connectivity index is 2.84. The molecule has 2 rings (SSSR count). The fraction of sp³-hybridized carbons (Fsp3) is 0.100. The number of ether oxygens (including phenoxy) is 1. The quantitative estimate of drug-likeness (QED) is 0.720. The van der Waals surface area contributed by atoms with Crippen LogP contribution in [0.1, 0.15) is 0 Å². The number of hydrogen-bond donors (Lipinski definition) is 1. The van der Waals surface area contributed by atoms with Crippen molar-refractivity contribution in [1.29, 1.82) is 0 Å². The Morgan fingerprint density at radius 3 is 2.92 bits per heavy atom. The number of pyridine rings is 1. The minimum Gasteiger partial charge on any atom is -0.507 e. The number of phenolic OH excluding ortho intramolecular Hbond substituents is 1. The number of nitrogens with zero attached hydrogens (tertiary/aromatic N) is 1. The Kier molecular flexibility index (Phi) is 1.77. The summed E-state index contributed by atoms with van der Waals surface area (Å²) in [6.45, 7) is 0. The van der Waals surface area contributed by atoms with Gasteiger partial charge in [-0.1, -0.05) is 0 Å². The van der Waals surface area contributed by atoms with Crippen LogP contribution in [-0.4, -0.2) is 17.2 Å². The lowest BCUT2D eigenvalue weighted by molar-refractivity contribution is 0.417. The van der Waals surface area contributed by atoms with Gasteiger partial charge in [-0.05, 0) is 24.3 Å². The van der Waals surface area contributed by atoms with Crippen LogP contribution in [0.25, 0.3) is 10.9 Å². The van der Waals surface area contributed by atoms with E-state index in [0.29, 0.717) is 16.7 Å². The van der Waals surface area contributed by atoms with E-state index < -0.39 is 0 Å². The maximum Gasteiger partial charge on any atom is 0.145 e. The highest BCUT2D eigenvalue weighted by molar-refractivity contribution is 5.89. The highest BCUT2D eigenvalue weighted by Gasteiger charge is 2.04. The molecule has 0 atom stereocenters. The van der Waals surface area contributed by atoms with Gasteiger partial charge in [0.1, 0.15) is 17.0 Å². The van der Waals surface area contributed by atoms with Crippen LogP contribution < -0.4 is 4.74 Å². The zero-order valence-electron chi connectivity index (χ0n) is 7.19. The van der Waals surface area contributed by atoms with Gasteiger partial charge in [0.15, 0.2) is 0 Å². The average molecular weight is 175 g/mol. The van der Waals surface area contributed by atoms with Gasteiger partial charge < -0.3 is 9.84 Å². The van der Waals surface area contributed by atoms with Crippen LogP contribution in [-0.2, 0) is 0 Å². The summed E-state index contributed by atoms with van der Waals surface area (Å²) in [7, 11) is 1.58. The maximum absolute atomic E-state index is 9.50. The van der Waals surface area contributed by atoms with Crippen LogP contribution in [0.3, 0.4) is 0 Å². The largest absolute Gasteiger partial charge is 0.507 e. The number of hydrogen-bond acceptors (Lipinski definition) is 3. The van der Waals surface area contributed by atoms with Gasteiger partial charge in [0.2, 0.25) is 0 Å². The normalized spacial score (nSPS) is 10.2. The van der Waals surface area contributed by atoms with Crippen molar-refractivity contribution in [2.45, 2.75) is 0 Å². The maximum atomic E-state index is 9.50. The smallest absolute Gasteiger partial charge is 0.145 e. The summed E-state index contributed by atoms with van der Waals surface area (Å²) >= 11 is 0. The molecule has 0 amide bonds. The fourth-order valence-corrected chi connectivity index (χ4v) is 1.30. The number of methoxy groups -OCH3 is 1. The van der Waals surface area contributed by atoms with Crippen LogP contribution >= 0.6 is 0 Å². The third-order valence-corrected chi connectivity index (χ3v) is 1.93. The second-order valence-electron chi connectivity index (χ2n) is 2.69. The van der Waals surface area contributed by atoms with Crippen molar-refractivity contribution < 1.29 is 9.84 Å². The summed E-state index contributed by atoms with van der Waals surface area (Å²) in [6.07, 6.45) is 1.67. The predicted molar refractivity (Wildman–Crippen MR) is 50.0 cm³/mol. The van der Waals surface area contributed by atoms with E-state index in [4.69, 9.17) is 4.74 Å². The van der Waals surface area contributed by atoms with Gasteiger partial charge >= 0.3 is 0 Å². The molecule has 0 fully saturated rings. The fourth-order valence-electron chi connectivity index (χ4n) is 1.30. The van der Waals surface area contributed by atoms with Crippen molar-refractivity contribution in [2.75, 3.05) is 7.11 Å². The zero-order chi connectivity index (χ0) is 9.26. The number of benzene rings is 1. The molecule has 66 valence electrons. The molecule has 3 nitrogen and oxygen atoms in total. The Morgan fingerprint density at radius 1 is 1.31 bits per heavy atom. The minimum atomic E-state index is 0.226. The molecule has 0 saturated carbocycles. The molecule has 0 spiro atoms. The molecular formula is C10H9NO2. The van der Waals surface area contributed by atoms with E-state index in [1.807, 2.05) is 0 Å². The summed E-state index contributed by atoms with van der Waals surface area (Å²) in [5, 5.41) is 10.2. The molecule has 1 aromatic heterocycles. The molecule has 0 radical (unpaired) electrons. The molecule has 1 aromatic carbocycles. The van der Waals surface area contributed by atoms with Crippen LogP contribution in [0, 0.1) is 0 Å². The lowest BCUT2D eigenvalue weighted by atomic mass is 10.2. The molecule has 2 aromatic rings. The molecule has 1 N–H and O–H groups in total. The summed E-state index contributed by atoms with van der Waals surface area (Å²) in [5.74, 6) is 0.900. The molecule has 0 bridgehead atoms. The molecule has 3 heteroatoms. The van der Waals surface area contributed by atoms with Crippen LogP contribution in [0.4, 0.5) is 0 Å². The summed E-state index contributed by atoms with van der Waals surface area (Å²) < 4.78 is 5.11. The molecule has 1 heterocycles. The molecule has 0 aliphatic heterocycles. The van der Waals surface area contributed by atoms with Crippen molar-refractivity contribution in [3.63, 3.8) is 0 Å². The summed E-state index contributed by atoms with van der Waals surface area (Å²) in [5.41, 5.74) is 0.685. The van der Waals surface area contributed by atoms with E-state index in [1.165, 1.54) is 0 Å². The van der Waals surface area contributed by atoms with Gasteiger partial charge in [0, 0.05) is 11.6 Å². The second kappa shape index (κ2) is 2.94. The monoisotopic (exact) mass is 175 g/mol. The van der Waals surface area contributed by atoms with Gasteiger partial charge in [0.25, 0.3) is 0 Å². The molecule has 0 saturated heterocycles. The van der Waals surface area contributed by atoms with Gasteiger partial charge in [-0.25, -0.2) is 0 Å². The van der Waals surface area contributed by atoms with E-state index in [2.05, 4.69) is 4.98 Å². The van der Waals surface area contributed by atoms with E-state index in [1.54, 1.807) is 37.6 Å². The third-order valence-electron chi connectivity index (χ3n) is 1.93. The van der Waals surface area contributed by atoms with Crippen molar-refractivity contribution in [2.24, 2.45) is 0 Å². The second-order valence-corrected chi connectivity index (χ2v) is 2.69. The Labute approximate surface area is 75.6 Å². The standard InChI is InChI=1S/C10H9NO2/c1-13-9-5-4-8(12)7-3-2-6-11-10(7)9/h2-6,12H,1H3. The van der Waals surface area contributed by atoms with Crippen molar-refractivity contribution in [3.8, 4) is 11.5 Å². The van der Waals surface area contributed by atoms with E-state index in [-0.39, 0.29) is 5.75 Å². The van der Waals surface area contributed by atoms with E-state index in [9.17, 15) is 5.11 Å². The van der Waals surface area contributed by atoms with Crippen LogP contribution in [0.2, 0.25) is 0 Å². The number of aromatic hydroxyl groups is 1. The van der Waals surface area contributed by atoms with Crippen molar-refractivity contribution in [3.05, 3.63) is 30.5 Å². The number of rotatable bonds is 1. The van der Waals surface area contributed by atoms with Crippen LogP contribution in [0.5, 0.6) is 11.5 Å². The lowest BCUT2D eigenvalue weighted by Crippen LogP contribution is -1.86. The van der Waals surface area contributed by atoms with Gasteiger partial charge in [-0.15, -0.1) is 0 Å². The highest BCUT2D eigenvalue weighted by atomic mass is 16.5. The van der Waals surface area contributed by atoms with Crippen molar-refractivity contribution in [1.82, 2.24) is 4.98 Å². The molecule has 0 unspecified atom stereocenters. The molecule has 0 aliphatic carbocycles. The van der Waals surface area contributed by atoms with Gasteiger partial charge in [-0.2, -0.15) is 0 Å². The summed E-state index contributed by atoms with van der Waals surface area (Å²) in [4.78, 5) is 4.13. The number of fused-ring (bicyclic) bond motifs is 1. The number of aromatic nitrogens is 1. The Bertz CT molecular complexity index is 440. The first kappa shape index (κ1) is 7.86. The zero-order valence-corrected chi connectivity index (χ0v) is 7.19. The SMILES string of the molecule is COc1ccc(O)c2cccnc12. The first-order valence-corrected chi connectivity index (χ1v) is 3.93. The molecule has 0 aliphatic rings. The third kappa shape index (κ3) is 1.18. The van der Waals surface area contributed by atoms with Gasteiger partial charge in [-0.3, -0.25) is 4.98 Å². The van der Waals surface area contributed by atoms with Crippen LogP contribution in [0.15, 0.2) is 30.5 Å². The molecular weight excluding hydrogens is 166 g/mol. The Morgan fingerprint density at radius 2 is 2.15 bits per heavy atom. The van der Waals surface area contributed by atoms with Gasteiger partial charge in [0.05, 0.1) is 7.11 Å².